The molecule has 2 heterocycles. The molecule has 33 heavy (non-hydrogen) atoms. The maximum absolute atomic E-state index is 10.6. The molecule has 0 aliphatic rings. The van der Waals surface area contributed by atoms with Gasteiger partial charge in [-0.15, -0.1) is 0 Å². The molecule has 172 valence electrons. The van der Waals surface area contributed by atoms with Gasteiger partial charge in [0.25, 0.3) is 0 Å². The van der Waals surface area contributed by atoms with Crippen molar-refractivity contribution in [3.05, 3.63) is 70.8 Å². The number of carbonyl (C=O) groups is 1. The number of aliphatic carboxylic acids is 1. The third kappa shape index (κ3) is 6.45. The van der Waals surface area contributed by atoms with Crippen LogP contribution in [0.4, 0.5) is 13.2 Å². The summed E-state index contributed by atoms with van der Waals surface area (Å²) in [5.41, 5.74) is 3.56. The minimum atomic E-state index is -5.08. The van der Waals surface area contributed by atoms with Crippen LogP contribution in [0.3, 0.4) is 0 Å². The highest BCUT2D eigenvalue weighted by Gasteiger charge is 2.38. The molecule has 4 aromatic rings. The summed E-state index contributed by atoms with van der Waals surface area (Å²) in [6, 6.07) is 17.7. The zero-order chi connectivity index (χ0) is 24.0. The molecule has 0 fully saturated rings. The van der Waals surface area contributed by atoms with Gasteiger partial charge in [0.1, 0.15) is 12.4 Å². The standard InChI is InChI=1S/C20H16BrN3O2.C2HF3O2/c1-25-18-9-14(19-23-16-10-15(21)11-22-20(16)24-19)7-8-17(18)26-12-13-5-3-2-4-6-13;3-2(4,5)1(6)7/h2-11H,12H2,1H3,(H,22,23,24);(H,6,7). The van der Waals surface area contributed by atoms with Crippen molar-refractivity contribution in [3.63, 3.8) is 0 Å². The number of aromatic amines is 1. The van der Waals surface area contributed by atoms with Crippen LogP contribution >= 0.6 is 15.9 Å². The van der Waals surface area contributed by atoms with Crippen LogP contribution < -0.4 is 9.47 Å². The average molecular weight is 524 g/mol. The molecular formula is C22H17BrF3N3O4. The maximum Gasteiger partial charge on any atom is 0.490 e. The fourth-order valence-electron chi connectivity index (χ4n) is 2.68. The van der Waals surface area contributed by atoms with Crippen molar-refractivity contribution in [1.29, 1.82) is 0 Å². The van der Waals surface area contributed by atoms with Crippen LogP contribution in [-0.2, 0) is 11.4 Å². The van der Waals surface area contributed by atoms with Gasteiger partial charge in [-0.2, -0.15) is 13.2 Å². The molecule has 7 nitrogen and oxygen atoms in total. The number of imidazole rings is 1. The van der Waals surface area contributed by atoms with E-state index < -0.39 is 12.1 Å². The molecule has 0 aliphatic carbocycles. The van der Waals surface area contributed by atoms with Crippen LogP contribution in [0.25, 0.3) is 22.6 Å². The Morgan fingerprint density at radius 2 is 1.82 bits per heavy atom. The Balaban J connectivity index is 0.000000383. The number of H-pyrrole nitrogens is 1. The van der Waals surface area contributed by atoms with Crippen LogP contribution in [0, 0.1) is 0 Å². The van der Waals surface area contributed by atoms with Gasteiger partial charge in [-0.05, 0) is 45.8 Å². The molecule has 0 atom stereocenters. The number of rotatable bonds is 5. The van der Waals surface area contributed by atoms with Crippen LogP contribution in [0.2, 0.25) is 0 Å². The monoisotopic (exact) mass is 523 g/mol. The zero-order valence-corrected chi connectivity index (χ0v) is 18.6. The van der Waals surface area contributed by atoms with E-state index in [0.29, 0.717) is 23.8 Å². The lowest BCUT2D eigenvalue weighted by Crippen LogP contribution is -2.21. The number of benzene rings is 2. The van der Waals surface area contributed by atoms with E-state index in [1.807, 2.05) is 54.6 Å². The number of carboxylic acids is 1. The topological polar surface area (TPSA) is 97.3 Å². The number of pyridine rings is 1. The summed E-state index contributed by atoms with van der Waals surface area (Å²) in [5, 5.41) is 7.12. The van der Waals surface area contributed by atoms with E-state index in [4.69, 9.17) is 19.4 Å². The Bertz CT molecular complexity index is 1250. The third-order valence-corrected chi connectivity index (χ3v) is 4.65. The van der Waals surface area contributed by atoms with Crippen molar-refractivity contribution in [3.8, 4) is 22.9 Å². The van der Waals surface area contributed by atoms with E-state index >= 15 is 0 Å². The summed E-state index contributed by atoms with van der Waals surface area (Å²) in [7, 11) is 1.63. The summed E-state index contributed by atoms with van der Waals surface area (Å²) in [6.07, 6.45) is -3.35. The molecule has 11 heteroatoms. The largest absolute Gasteiger partial charge is 0.493 e. The molecule has 0 aliphatic heterocycles. The van der Waals surface area contributed by atoms with Gasteiger partial charge in [-0.25, -0.2) is 14.8 Å². The van der Waals surface area contributed by atoms with Crippen molar-refractivity contribution in [1.82, 2.24) is 15.0 Å². The molecule has 4 rings (SSSR count). The molecule has 0 amide bonds. The van der Waals surface area contributed by atoms with E-state index in [9.17, 15) is 13.2 Å². The van der Waals surface area contributed by atoms with Gasteiger partial charge in [-0.3, -0.25) is 0 Å². The number of alkyl halides is 3. The molecular weight excluding hydrogens is 507 g/mol. The third-order valence-electron chi connectivity index (χ3n) is 4.22. The lowest BCUT2D eigenvalue weighted by molar-refractivity contribution is -0.192. The fraction of sp³-hybridized carbons (Fsp3) is 0.136. The predicted octanol–water partition coefficient (Wildman–Crippen LogP) is 5.61. The summed E-state index contributed by atoms with van der Waals surface area (Å²) >= 11 is 3.42. The van der Waals surface area contributed by atoms with Gasteiger partial charge in [0, 0.05) is 16.2 Å². The quantitative estimate of drug-likeness (QED) is 0.353. The van der Waals surface area contributed by atoms with Crippen molar-refractivity contribution in [2.75, 3.05) is 7.11 Å². The first-order valence-corrected chi connectivity index (χ1v) is 10.1. The van der Waals surface area contributed by atoms with Gasteiger partial charge in [-0.1, -0.05) is 30.3 Å². The Hall–Kier alpha value is -3.60. The molecule has 0 bridgehead atoms. The number of nitrogens with one attached hydrogen (secondary N) is 1. The first-order valence-electron chi connectivity index (χ1n) is 9.34. The molecule has 0 unspecified atom stereocenters. The highest BCUT2D eigenvalue weighted by Crippen LogP contribution is 2.33. The number of ether oxygens (including phenoxy) is 2. The van der Waals surface area contributed by atoms with E-state index in [1.165, 1.54) is 0 Å². The van der Waals surface area contributed by atoms with Crippen molar-refractivity contribution >= 4 is 33.1 Å². The minimum absolute atomic E-state index is 0.485. The Morgan fingerprint density at radius 3 is 2.45 bits per heavy atom. The summed E-state index contributed by atoms with van der Waals surface area (Å²) < 4.78 is 44.0. The van der Waals surface area contributed by atoms with E-state index in [1.54, 1.807) is 13.3 Å². The van der Waals surface area contributed by atoms with Crippen molar-refractivity contribution in [2.24, 2.45) is 0 Å². The highest BCUT2D eigenvalue weighted by atomic mass is 79.9. The van der Waals surface area contributed by atoms with Gasteiger partial charge in [0.15, 0.2) is 17.1 Å². The molecule has 2 N–H and O–H groups in total. The Labute approximate surface area is 194 Å². The fourth-order valence-corrected chi connectivity index (χ4v) is 3.01. The van der Waals surface area contributed by atoms with Gasteiger partial charge < -0.3 is 19.6 Å². The lowest BCUT2D eigenvalue weighted by Gasteiger charge is -2.11. The number of nitrogens with zero attached hydrogens (tertiary/aromatic N) is 2. The summed E-state index contributed by atoms with van der Waals surface area (Å²) in [6.45, 7) is 0.485. The Kier molecular flexibility index (Phi) is 7.54. The molecule has 0 saturated carbocycles. The molecule has 0 spiro atoms. The predicted molar refractivity (Wildman–Crippen MR) is 118 cm³/mol. The molecule has 2 aromatic heterocycles. The normalized spacial score (nSPS) is 10.9. The first kappa shape index (κ1) is 24.1. The SMILES string of the molecule is COc1cc(-c2nc3ncc(Br)cc3[nH]2)ccc1OCc1ccccc1.O=C(O)C(F)(F)F. The number of fused-ring (bicyclic) bond motifs is 1. The number of hydrogen-bond acceptors (Lipinski definition) is 5. The molecule has 0 saturated heterocycles. The number of hydrogen-bond donors (Lipinski definition) is 2. The number of halogens is 4. The smallest absolute Gasteiger partial charge is 0.490 e. The number of methoxy groups -OCH3 is 1. The minimum Gasteiger partial charge on any atom is -0.493 e. The van der Waals surface area contributed by atoms with Crippen LogP contribution in [0.15, 0.2) is 65.3 Å². The average Bonchev–Trinajstić information content (AvgIpc) is 3.21. The second kappa shape index (κ2) is 10.3. The highest BCUT2D eigenvalue weighted by molar-refractivity contribution is 9.10. The van der Waals surface area contributed by atoms with Crippen molar-refractivity contribution in [2.45, 2.75) is 12.8 Å². The van der Waals surface area contributed by atoms with Gasteiger partial charge >= 0.3 is 12.1 Å². The second-order valence-corrected chi connectivity index (χ2v) is 7.47. The first-order chi connectivity index (χ1) is 15.7. The van der Waals surface area contributed by atoms with Crippen LogP contribution in [0.5, 0.6) is 11.5 Å². The molecule has 0 radical (unpaired) electrons. The summed E-state index contributed by atoms with van der Waals surface area (Å²) in [4.78, 5) is 21.0. The van der Waals surface area contributed by atoms with E-state index in [0.717, 1.165) is 26.9 Å². The zero-order valence-electron chi connectivity index (χ0n) is 17.1. The van der Waals surface area contributed by atoms with Gasteiger partial charge in [0.2, 0.25) is 0 Å². The summed E-state index contributed by atoms with van der Waals surface area (Å²) in [5.74, 6) is -0.670. The molecule has 2 aromatic carbocycles. The van der Waals surface area contributed by atoms with Crippen molar-refractivity contribution < 1.29 is 32.5 Å². The van der Waals surface area contributed by atoms with E-state index in [-0.39, 0.29) is 0 Å². The van der Waals surface area contributed by atoms with Crippen LogP contribution in [-0.4, -0.2) is 39.3 Å². The number of aromatic nitrogens is 3. The van der Waals surface area contributed by atoms with Gasteiger partial charge in [0.05, 0.1) is 12.6 Å². The van der Waals surface area contributed by atoms with Crippen LogP contribution in [0.1, 0.15) is 5.56 Å². The second-order valence-electron chi connectivity index (χ2n) is 6.55. The Morgan fingerprint density at radius 1 is 1.12 bits per heavy atom. The maximum atomic E-state index is 10.6. The lowest BCUT2D eigenvalue weighted by atomic mass is 10.2. The number of carboxylic acid groups (broad SMARTS) is 1. The van der Waals surface area contributed by atoms with E-state index in [2.05, 4.69) is 30.9 Å².